The first-order chi connectivity index (χ1) is 13.6. The van der Waals surface area contributed by atoms with Gasteiger partial charge in [-0.15, -0.1) is 0 Å². The van der Waals surface area contributed by atoms with Crippen molar-refractivity contribution in [2.75, 3.05) is 29.9 Å². The van der Waals surface area contributed by atoms with E-state index >= 15 is 0 Å². The molecule has 6 heteroatoms. The first kappa shape index (κ1) is 18.5. The monoisotopic (exact) mass is 379 g/mol. The first-order valence-corrected chi connectivity index (χ1v) is 9.77. The van der Waals surface area contributed by atoms with Crippen LogP contribution >= 0.6 is 0 Å². The summed E-state index contributed by atoms with van der Waals surface area (Å²) in [6, 6.07) is 13.5. The molecule has 6 nitrogen and oxygen atoms in total. The quantitative estimate of drug-likeness (QED) is 0.853. The van der Waals surface area contributed by atoms with E-state index in [0.29, 0.717) is 25.3 Å². The SMILES string of the molecule is Cc1ccc(NC(=O)NC[C@@H]2OCCc3ccccc32)cc1N1CCCC1=O. The molecule has 3 amide bonds. The van der Waals surface area contributed by atoms with Gasteiger partial charge in [0.1, 0.15) is 6.10 Å². The minimum absolute atomic E-state index is 0.133. The maximum atomic E-state index is 12.4. The second-order valence-electron chi connectivity index (χ2n) is 7.29. The van der Waals surface area contributed by atoms with Crippen molar-refractivity contribution in [2.45, 2.75) is 32.3 Å². The van der Waals surface area contributed by atoms with Crippen LogP contribution in [0.15, 0.2) is 42.5 Å². The molecule has 146 valence electrons. The Balaban J connectivity index is 1.39. The van der Waals surface area contributed by atoms with Crippen molar-refractivity contribution in [2.24, 2.45) is 0 Å². The molecule has 0 unspecified atom stereocenters. The third kappa shape index (κ3) is 3.87. The van der Waals surface area contributed by atoms with Gasteiger partial charge in [-0.25, -0.2) is 4.79 Å². The lowest BCUT2D eigenvalue weighted by Gasteiger charge is -2.26. The van der Waals surface area contributed by atoms with Crippen LogP contribution in [0.1, 0.15) is 35.6 Å². The number of amides is 3. The average Bonchev–Trinajstić information content (AvgIpc) is 3.13. The van der Waals surface area contributed by atoms with E-state index in [1.165, 1.54) is 5.56 Å². The lowest BCUT2D eigenvalue weighted by molar-refractivity contribution is -0.117. The molecule has 2 N–H and O–H groups in total. The maximum absolute atomic E-state index is 12.4. The summed E-state index contributed by atoms with van der Waals surface area (Å²) >= 11 is 0. The third-order valence-corrected chi connectivity index (χ3v) is 5.37. The Morgan fingerprint density at radius 1 is 1.21 bits per heavy atom. The summed E-state index contributed by atoms with van der Waals surface area (Å²) in [5.41, 5.74) is 4.97. The van der Waals surface area contributed by atoms with Crippen LogP contribution in [0.25, 0.3) is 0 Å². The third-order valence-electron chi connectivity index (χ3n) is 5.37. The highest BCUT2D eigenvalue weighted by Gasteiger charge is 2.24. The normalized spacial score (nSPS) is 18.7. The fourth-order valence-corrected chi connectivity index (χ4v) is 3.89. The van der Waals surface area contributed by atoms with Crippen molar-refractivity contribution in [3.05, 3.63) is 59.2 Å². The largest absolute Gasteiger partial charge is 0.371 e. The molecule has 2 aromatic carbocycles. The van der Waals surface area contributed by atoms with Crippen LogP contribution in [-0.2, 0) is 16.0 Å². The average molecular weight is 379 g/mol. The summed E-state index contributed by atoms with van der Waals surface area (Å²) in [4.78, 5) is 26.2. The highest BCUT2D eigenvalue weighted by atomic mass is 16.5. The topological polar surface area (TPSA) is 70.7 Å². The molecule has 0 aliphatic carbocycles. The number of hydrogen-bond donors (Lipinski definition) is 2. The molecule has 2 aromatic rings. The smallest absolute Gasteiger partial charge is 0.319 e. The predicted molar refractivity (Wildman–Crippen MR) is 109 cm³/mol. The van der Waals surface area contributed by atoms with E-state index in [0.717, 1.165) is 36.2 Å². The van der Waals surface area contributed by atoms with Crippen molar-refractivity contribution in [3.8, 4) is 0 Å². The molecule has 4 rings (SSSR count). The number of anilines is 2. The van der Waals surface area contributed by atoms with Gasteiger partial charge in [0, 0.05) is 30.9 Å². The van der Waals surface area contributed by atoms with Crippen LogP contribution in [0, 0.1) is 6.92 Å². The maximum Gasteiger partial charge on any atom is 0.319 e. The molecule has 0 spiro atoms. The van der Waals surface area contributed by atoms with Crippen LogP contribution in [0.3, 0.4) is 0 Å². The van der Waals surface area contributed by atoms with Crippen LogP contribution < -0.4 is 15.5 Å². The van der Waals surface area contributed by atoms with E-state index in [9.17, 15) is 9.59 Å². The van der Waals surface area contributed by atoms with Crippen LogP contribution in [-0.4, -0.2) is 31.6 Å². The number of aryl methyl sites for hydroxylation is 1. The fraction of sp³-hybridized carbons (Fsp3) is 0.364. The van der Waals surface area contributed by atoms with Gasteiger partial charge in [0.2, 0.25) is 5.91 Å². The fourth-order valence-electron chi connectivity index (χ4n) is 3.89. The van der Waals surface area contributed by atoms with Crippen molar-refractivity contribution >= 4 is 23.3 Å². The molecule has 2 heterocycles. The molecule has 1 fully saturated rings. The van der Waals surface area contributed by atoms with E-state index in [4.69, 9.17) is 4.74 Å². The number of benzene rings is 2. The number of nitrogens with one attached hydrogen (secondary N) is 2. The number of nitrogens with zero attached hydrogens (tertiary/aromatic N) is 1. The minimum atomic E-state index is -0.283. The number of fused-ring (bicyclic) bond motifs is 1. The first-order valence-electron chi connectivity index (χ1n) is 9.77. The Morgan fingerprint density at radius 3 is 2.89 bits per heavy atom. The number of carbonyl (C=O) groups is 2. The molecular weight excluding hydrogens is 354 g/mol. The summed E-state index contributed by atoms with van der Waals surface area (Å²) in [5.74, 6) is 0.137. The number of hydrogen-bond acceptors (Lipinski definition) is 3. The zero-order valence-electron chi connectivity index (χ0n) is 16.0. The van der Waals surface area contributed by atoms with E-state index in [1.54, 1.807) is 4.90 Å². The van der Waals surface area contributed by atoms with Crippen LogP contribution in [0.2, 0.25) is 0 Å². The zero-order valence-corrected chi connectivity index (χ0v) is 16.0. The van der Waals surface area contributed by atoms with Crippen molar-refractivity contribution in [1.29, 1.82) is 0 Å². The second kappa shape index (κ2) is 8.02. The minimum Gasteiger partial charge on any atom is -0.371 e. The van der Waals surface area contributed by atoms with Crippen molar-refractivity contribution in [1.82, 2.24) is 5.32 Å². The van der Waals surface area contributed by atoms with Gasteiger partial charge >= 0.3 is 6.03 Å². The second-order valence-corrected chi connectivity index (χ2v) is 7.29. The highest BCUT2D eigenvalue weighted by Crippen LogP contribution is 2.28. The summed E-state index contributed by atoms with van der Waals surface area (Å²) in [5, 5.41) is 5.77. The predicted octanol–water partition coefficient (Wildman–Crippen LogP) is 3.56. The van der Waals surface area contributed by atoms with E-state index in [1.807, 2.05) is 37.3 Å². The highest BCUT2D eigenvalue weighted by molar-refractivity contribution is 5.97. The van der Waals surface area contributed by atoms with Gasteiger partial charge in [-0.2, -0.15) is 0 Å². The summed E-state index contributed by atoms with van der Waals surface area (Å²) in [6.45, 7) is 3.78. The van der Waals surface area contributed by atoms with E-state index < -0.39 is 0 Å². The molecule has 2 aliphatic heterocycles. The Morgan fingerprint density at radius 2 is 2.07 bits per heavy atom. The molecule has 1 saturated heterocycles. The lowest BCUT2D eigenvalue weighted by atomic mass is 9.98. The molecule has 0 saturated carbocycles. The van der Waals surface area contributed by atoms with Gasteiger partial charge in [-0.05, 0) is 48.6 Å². The zero-order chi connectivity index (χ0) is 19.5. The van der Waals surface area contributed by atoms with Gasteiger partial charge in [0.15, 0.2) is 0 Å². The number of carbonyl (C=O) groups excluding carboxylic acids is 2. The van der Waals surface area contributed by atoms with Crippen molar-refractivity contribution < 1.29 is 14.3 Å². The van der Waals surface area contributed by atoms with Crippen LogP contribution in [0.4, 0.5) is 16.2 Å². The van der Waals surface area contributed by atoms with E-state index in [-0.39, 0.29) is 18.0 Å². The van der Waals surface area contributed by atoms with Gasteiger partial charge in [0.25, 0.3) is 0 Å². The standard InChI is InChI=1S/C22H25N3O3/c1-15-8-9-17(13-19(15)25-11-4-7-21(25)26)24-22(27)23-14-20-18-6-3-2-5-16(18)10-12-28-20/h2-3,5-6,8-9,13,20H,4,7,10-12,14H2,1H3,(H2,23,24,27)/t20-/m0/s1. The number of urea groups is 1. The molecule has 28 heavy (non-hydrogen) atoms. The lowest BCUT2D eigenvalue weighted by Crippen LogP contribution is -2.34. The molecule has 1 atom stereocenters. The van der Waals surface area contributed by atoms with Crippen molar-refractivity contribution in [3.63, 3.8) is 0 Å². The molecule has 2 aliphatic rings. The molecule has 0 aromatic heterocycles. The van der Waals surface area contributed by atoms with Gasteiger partial charge in [0.05, 0.1) is 6.61 Å². The summed E-state index contributed by atoms with van der Waals surface area (Å²) in [7, 11) is 0. The summed E-state index contributed by atoms with van der Waals surface area (Å²) < 4.78 is 5.83. The van der Waals surface area contributed by atoms with E-state index in [2.05, 4.69) is 22.8 Å². The Bertz CT molecular complexity index is 896. The molecular formula is C22H25N3O3. The van der Waals surface area contributed by atoms with Gasteiger partial charge in [-0.1, -0.05) is 30.3 Å². The Hall–Kier alpha value is -2.86. The number of ether oxygens (including phenoxy) is 1. The van der Waals surface area contributed by atoms with Crippen LogP contribution in [0.5, 0.6) is 0 Å². The Labute approximate surface area is 164 Å². The molecule has 0 radical (unpaired) electrons. The van der Waals surface area contributed by atoms with Gasteiger partial charge in [-0.3, -0.25) is 4.79 Å². The number of rotatable bonds is 4. The summed E-state index contributed by atoms with van der Waals surface area (Å²) in [6.07, 6.45) is 2.23. The molecule has 0 bridgehead atoms. The Kier molecular flexibility index (Phi) is 5.30. The van der Waals surface area contributed by atoms with Gasteiger partial charge < -0.3 is 20.3 Å².